The second-order valence-corrected chi connectivity index (χ2v) is 8.95. The number of hydrogen-bond acceptors (Lipinski definition) is 3. The molecule has 0 aliphatic rings. The first-order valence-corrected chi connectivity index (χ1v) is 11.6. The zero-order chi connectivity index (χ0) is 24.4. The Balaban J connectivity index is 1.48. The van der Waals surface area contributed by atoms with Gasteiger partial charge in [-0.15, -0.1) is 0 Å². The van der Waals surface area contributed by atoms with E-state index in [-0.39, 0.29) is 5.82 Å². The van der Waals surface area contributed by atoms with Crippen LogP contribution in [-0.2, 0) is 13.1 Å². The largest absolute Gasteiger partial charge is 0.329 e. The monoisotopic (exact) mass is 476 g/mol. The first-order chi connectivity index (χ1) is 16.2. The normalized spacial score (nSPS) is 11.0. The maximum Gasteiger partial charge on any atom is 0.175 e. The van der Waals surface area contributed by atoms with Crippen LogP contribution in [0.25, 0.3) is 0 Å². The van der Waals surface area contributed by atoms with Gasteiger partial charge < -0.3 is 10.6 Å². The molecule has 0 saturated carbocycles. The molecular weight excluding hydrogens is 447 g/mol. The van der Waals surface area contributed by atoms with Crippen molar-refractivity contribution in [1.82, 2.24) is 19.6 Å². The van der Waals surface area contributed by atoms with E-state index in [0.29, 0.717) is 18.2 Å². The molecule has 4 aromatic rings. The van der Waals surface area contributed by atoms with Crippen molar-refractivity contribution in [3.63, 3.8) is 0 Å². The maximum absolute atomic E-state index is 13.2. The van der Waals surface area contributed by atoms with Gasteiger partial charge in [-0.1, -0.05) is 36.4 Å². The van der Waals surface area contributed by atoms with Gasteiger partial charge in [0.2, 0.25) is 0 Å². The average molecular weight is 477 g/mol. The van der Waals surface area contributed by atoms with Crippen LogP contribution >= 0.6 is 12.2 Å². The van der Waals surface area contributed by atoms with Gasteiger partial charge in [0.05, 0.1) is 47.2 Å². The van der Waals surface area contributed by atoms with Gasteiger partial charge in [0.25, 0.3) is 0 Å². The number of aryl methyl sites for hydroxylation is 3. The van der Waals surface area contributed by atoms with Gasteiger partial charge in [0, 0.05) is 0 Å². The fourth-order valence-corrected chi connectivity index (χ4v) is 4.24. The molecule has 0 radical (unpaired) electrons. The van der Waals surface area contributed by atoms with E-state index in [0.717, 1.165) is 39.7 Å². The van der Waals surface area contributed by atoms with Crippen molar-refractivity contribution < 1.29 is 4.39 Å². The molecule has 0 saturated heterocycles. The number of aromatic nitrogens is 4. The molecule has 4 rings (SSSR count). The van der Waals surface area contributed by atoms with Crippen molar-refractivity contribution in [2.45, 2.75) is 47.7 Å². The number of nitrogens with zero attached hydrogens (tertiary/aromatic N) is 4. The molecular formula is C26H29FN6S. The van der Waals surface area contributed by atoms with Crippen LogP contribution in [0.4, 0.5) is 15.8 Å². The van der Waals surface area contributed by atoms with Crippen molar-refractivity contribution >= 4 is 28.7 Å². The number of halogens is 1. The Morgan fingerprint density at radius 3 is 1.88 bits per heavy atom. The fraction of sp³-hybridized carbons (Fsp3) is 0.269. The SMILES string of the molecule is Cc1ccccc1Cn1nc(C)c(NC(=S)Nc2c(C)nn(Cc3ccc(F)cc3)c2C)c1C. The van der Waals surface area contributed by atoms with Crippen LogP contribution in [0, 0.1) is 40.4 Å². The van der Waals surface area contributed by atoms with Gasteiger partial charge in [0.15, 0.2) is 5.11 Å². The predicted molar refractivity (Wildman–Crippen MR) is 139 cm³/mol. The molecule has 0 aliphatic heterocycles. The Morgan fingerprint density at radius 2 is 1.32 bits per heavy atom. The van der Waals surface area contributed by atoms with Crippen LogP contribution in [0.15, 0.2) is 48.5 Å². The number of hydrogen-bond donors (Lipinski definition) is 2. The van der Waals surface area contributed by atoms with E-state index in [9.17, 15) is 4.39 Å². The minimum absolute atomic E-state index is 0.247. The lowest BCUT2D eigenvalue weighted by Gasteiger charge is -2.12. The molecule has 2 N–H and O–H groups in total. The molecule has 6 nitrogen and oxygen atoms in total. The number of rotatable bonds is 6. The third kappa shape index (κ3) is 5.02. The molecule has 8 heteroatoms. The number of anilines is 2. The van der Waals surface area contributed by atoms with Crippen molar-refractivity contribution in [1.29, 1.82) is 0 Å². The van der Waals surface area contributed by atoms with Gasteiger partial charge in [-0.3, -0.25) is 9.36 Å². The van der Waals surface area contributed by atoms with E-state index in [2.05, 4.69) is 34.8 Å². The molecule has 0 amide bonds. The average Bonchev–Trinajstić information content (AvgIpc) is 3.21. The van der Waals surface area contributed by atoms with E-state index in [1.54, 1.807) is 12.1 Å². The molecule has 34 heavy (non-hydrogen) atoms. The summed E-state index contributed by atoms with van der Waals surface area (Å²) in [7, 11) is 0. The summed E-state index contributed by atoms with van der Waals surface area (Å²) in [6, 6.07) is 14.8. The molecule has 2 aromatic carbocycles. The number of thiocarbonyl (C=S) groups is 1. The third-order valence-corrected chi connectivity index (χ3v) is 6.27. The summed E-state index contributed by atoms with van der Waals surface area (Å²) in [6.07, 6.45) is 0. The van der Waals surface area contributed by atoms with E-state index >= 15 is 0 Å². The van der Waals surface area contributed by atoms with Crippen LogP contribution in [-0.4, -0.2) is 24.7 Å². The van der Waals surface area contributed by atoms with E-state index in [4.69, 9.17) is 17.3 Å². The summed E-state index contributed by atoms with van der Waals surface area (Å²) in [5.41, 5.74) is 8.92. The van der Waals surface area contributed by atoms with Crippen molar-refractivity contribution in [2.24, 2.45) is 0 Å². The third-order valence-electron chi connectivity index (χ3n) is 6.07. The molecule has 0 aliphatic carbocycles. The molecule has 0 fully saturated rings. The predicted octanol–water partition coefficient (Wildman–Crippen LogP) is 5.67. The zero-order valence-electron chi connectivity index (χ0n) is 20.1. The van der Waals surface area contributed by atoms with Gasteiger partial charge in [-0.05, 0) is 75.7 Å². The smallest absolute Gasteiger partial charge is 0.175 e. The second kappa shape index (κ2) is 9.77. The van der Waals surface area contributed by atoms with E-state index in [1.165, 1.54) is 23.3 Å². The molecule has 2 aromatic heterocycles. The molecule has 176 valence electrons. The van der Waals surface area contributed by atoms with Crippen molar-refractivity contribution in [3.8, 4) is 0 Å². The fourth-order valence-electron chi connectivity index (χ4n) is 4.03. The summed E-state index contributed by atoms with van der Waals surface area (Å²) < 4.78 is 17.1. The number of nitrogens with one attached hydrogen (secondary N) is 2. The maximum atomic E-state index is 13.2. The highest BCUT2D eigenvalue weighted by Crippen LogP contribution is 2.24. The molecule has 0 unspecified atom stereocenters. The first kappa shape index (κ1) is 23.6. The molecule has 0 atom stereocenters. The van der Waals surface area contributed by atoms with Gasteiger partial charge >= 0.3 is 0 Å². The van der Waals surface area contributed by atoms with Crippen LogP contribution < -0.4 is 10.6 Å². The van der Waals surface area contributed by atoms with Crippen molar-refractivity contribution in [3.05, 3.63) is 93.8 Å². The Morgan fingerprint density at radius 1 is 0.794 bits per heavy atom. The zero-order valence-corrected chi connectivity index (χ0v) is 20.9. The minimum Gasteiger partial charge on any atom is -0.329 e. The highest BCUT2D eigenvalue weighted by Gasteiger charge is 2.17. The second-order valence-electron chi connectivity index (χ2n) is 8.54. The highest BCUT2D eigenvalue weighted by molar-refractivity contribution is 7.80. The van der Waals surface area contributed by atoms with E-state index < -0.39 is 0 Å². The molecule has 2 heterocycles. The summed E-state index contributed by atoms with van der Waals surface area (Å²) in [5.74, 6) is -0.247. The summed E-state index contributed by atoms with van der Waals surface area (Å²) in [6.45, 7) is 11.3. The Labute approximate surface area is 204 Å². The van der Waals surface area contributed by atoms with Crippen molar-refractivity contribution in [2.75, 3.05) is 10.6 Å². The lowest BCUT2D eigenvalue weighted by atomic mass is 10.1. The minimum atomic E-state index is -0.247. The Bertz CT molecular complexity index is 1340. The van der Waals surface area contributed by atoms with Gasteiger partial charge in [-0.2, -0.15) is 10.2 Å². The number of benzene rings is 2. The van der Waals surface area contributed by atoms with Crippen LogP contribution in [0.5, 0.6) is 0 Å². The quantitative estimate of drug-likeness (QED) is 0.351. The molecule has 0 bridgehead atoms. The van der Waals surface area contributed by atoms with Crippen LogP contribution in [0.2, 0.25) is 0 Å². The van der Waals surface area contributed by atoms with Crippen LogP contribution in [0.3, 0.4) is 0 Å². The summed E-state index contributed by atoms with van der Waals surface area (Å²) >= 11 is 5.63. The van der Waals surface area contributed by atoms with Gasteiger partial charge in [-0.25, -0.2) is 4.39 Å². The summed E-state index contributed by atoms with van der Waals surface area (Å²) in [4.78, 5) is 0. The van der Waals surface area contributed by atoms with Gasteiger partial charge in [0.1, 0.15) is 5.82 Å². The summed E-state index contributed by atoms with van der Waals surface area (Å²) in [5, 5.41) is 16.5. The molecule has 0 spiro atoms. The Kier molecular flexibility index (Phi) is 6.79. The highest BCUT2D eigenvalue weighted by atomic mass is 32.1. The first-order valence-electron chi connectivity index (χ1n) is 11.2. The lowest BCUT2D eigenvalue weighted by molar-refractivity contribution is 0.622. The van der Waals surface area contributed by atoms with Crippen LogP contribution in [0.1, 0.15) is 39.5 Å². The van der Waals surface area contributed by atoms with E-state index in [1.807, 2.05) is 49.2 Å². The topological polar surface area (TPSA) is 59.7 Å². The lowest BCUT2D eigenvalue weighted by Crippen LogP contribution is -2.21. The standard InChI is InChI=1S/C26H29FN6S/c1-16-8-6-7-9-22(16)15-33-20(5)25(18(3)31-33)29-26(34)28-24-17(2)30-32(19(24)4)14-21-10-12-23(27)13-11-21/h6-13H,14-15H2,1-5H3,(H2,28,29,34). The Hall–Kier alpha value is -3.52.